The molecule has 0 spiro atoms. The van der Waals surface area contributed by atoms with Crippen LogP contribution >= 0.6 is 0 Å². The summed E-state index contributed by atoms with van der Waals surface area (Å²) in [5, 5.41) is 0. The number of methoxy groups -OCH3 is 1. The van der Waals surface area contributed by atoms with Gasteiger partial charge in [-0.3, -0.25) is 9.69 Å². The highest BCUT2D eigenvalue weighted by molar-refractivity contribution is 5.50. The topological polar surface area (TPSA) is 54.5 Å². The van der Waals surface area contributed by atoms with E-state index in [1.165, 1.54) is 37.9 Å². The Hall–Kier alpha value is -2.77. The minimum absolute atomic E-state index is 0.322. The molecule has 7 nitrogen and oxygen atoms in total. The van der Waals surface area contributed by atoms with E-state index in [-0.39, 0.29) is 6.23 Å². The van der Waals surface area contributed by atoms with E-state index in [1.54, 1.807) is 7.11 Å². The van der Waals surface area contributed by atoms with E-state index in [2.05, 4.69) is 39.8 Å². The molecule has 0 saturated carbocycles. The zero-order valence-electron chi connectivity index (χ0n) is 21.2. The highest BCUT2D eigenvalue weighted by Gasteiger charge is 2.29. The molecule has 0 aliphatic carbocycles. The van der Waals surface area contributed by atoms with Crippen molar-refractivity contribution >= 4 is 12.2 Å². The van der Waals surface area contributed by atoms with Crippen molar-refractivity contribution in [3.63, 3.8) is 0 Å². The lowest BCUT2D eigenvalue weighted by Gasteiger charge is -2.41. The largest absolute Gasteiger partial charge is 0.496 e. The van der Waals surface area contributed by atoms with Crippen molar-refractivity contribution in [2.75, 3.05) is 57.9 Å². The zero-order chi connectivity index (χ0) is 24.5. The number of ether oxygens (including phenoxy) is 3. The Morgan fingerprint density at radius 3 is 2.54 bits per heavy atom. The van der Waals surface area contributed by atoms with Gasteiger partial charge in [0, 0.05) is 37.4 Å². The zero-order valence-corrected chi connectivity index (χ0v) is 21.2. The highest BCUT2D eigenvalue weighted by atomic mass is 16.5. The molecule has 2 fully saturated rings. The highest BCUT2D eigenvalue weighted by Crippen LogP contribution is 2.26. The number of aryl methyl sites for hydroxylation is 1. The van der Waals surface area contributed by atoms with Crippen LogP contribution < -0.4 is 14.4 Å². The SMILES string of the molecule is COc1ccc(C)cc1CN1CCN(c2ccc(OCCCN3CCCCC3)cc2)CC1OC=O. The van der Waals surface area contributed by atoms with Crippen molar-refractivity contribution in [1.82, 2.24) is 9.80 Å². The Morgan fingerprint density at radius 2 is 1.80 bits per heavy atom. The second-order valence-electron chi connectivity index (χ2n) is 9.52. The smallest absolute Gasteiger partial charge is 0.294 e. The van der Waals surface area contributed by atoms with Crippen molar-refractivity contribution in [1.29, 1.82) is 0 Å². The minimum Gasteiger partial charge on any atom is -0.496 e. The number of nitrogens with zero attached hydrogens (tertiary/aromatic N) is 3. The summed E-state index contributed by atoms with van der Waals surface area (Å²) in [5.74, 6) is 1.76. The summed E-state index contributed by atoms with van der Waals surface area (Å²) in [5.41, 5.74) is 3.39. The van der Waals surface area contributed by atoms with E-state index < -0.39 is 0 Å². The molecule has 2 aromatic carbocycles. The van der Waals surface area contributed by atoms with Crippen LogP contribution in [0.3, 0.4) is 0 Å². The number of rotatable bonds is 11. The maximum absolute atomic E-state index is 11.3. The lowest BCUT2D eigenvalue weighted by atomic mass is 10.1. The summed E-state index contributed by atoms with van der Waals surface area (Å²) in [6, 6.07) is 14.4. The van der Waals surface area contributed by atoms with Gasteiger partial charge in [0.15, 0.2) is 6.23 Å². The molecule has 0 amide bonds. The van der Waals surface area contributed by atoms with Gasteiger partial charge in [-0.15, -0.1) is 0 Å². The normalized spacial score (nSPS) is 19.4. The number of anilines is 1. The quantitative estimate of drug-likeness (QED) is 0.354. The molecule has 190 valence electrons. The van der Waals surface area contributed by atoms with Crippen LogP contribution in [0.4, 0.5) is 5.69 Å². The van der Waals surface area contributed by atoms with E-state index in [9.17, 15) is 4.79 Å². The second-order valence-corrected chi connectivity index (χ2v) is 9.52. The van der Waals surface area contributed by atoms with Gasteiger partial charge < -0.3 is 24.0 Å². The Morgan fingerprint density at radius 1 is 1.00 bits per heavy atom. The van der Waals surface area contributed by atoms with E-state index in [0.29, 0.717) is 19.6 Å². The number of hydrogen-bond acceptors (Lipinski definition) is 7. The van der Waals surface area contributed by atoms with Gasteiger partial charge in [0.25, 0.3) is 6.47 Å². The van der Waals surface area contributed by atoms with Gasteiger partial charge in [0.1, 0.15) is 11.5 Å². The Balaban J connectivity index is 1.29. The molecule has 0 aromatic heterocycles. The van der Waals surface area contributed by atoms with E-state index in [1.807, 2.05) is 24.3 Å². The monoisotopic (exact) mass is 481 g/mol. The van der Waals surface area contributed by atoms with Crippen molar-refractivity contribution in [2.45, 2.75) is 45.4 Å². The molecular formula is C28H39N3O4. The molecule has 0 bridgehead atoms. The lowest BCUT2D eigenvalue weighted by molar-refractivity contribution is -0.144. The van der Waals surface area contributed by atoms with E-state index >= 15 is 0 Å². The van der Waals surface area contributed by atoms with Crippen molar-refractivity contribution in [3.8, 4) is 11.5 Å². The Labute approximate surface area is 209 Å². The van der Waals surface area contributed by atoms with Crippen LogP contribution in [0.5, 0.6) is 11.5 Å². The summed E-state index contributed by atoms with van der Waals surface area (Å²) in [6.45, 7) is 9.86. The van der Waals surface area contributed by atoms with Crippen LogP contribution in [0.1, 0.15) is 36.8 Å². The Kier molecular flexibility index (Phi) is 9.26. The molecule has 2 aliphatic heterocycles. The first kappa shape index (κ1) is 25.3. The lowest BCUT2D eigenvalue weighted by Crippen LogP contribution is -2.53. The first-order valence-corrected chi connectivity index (χ1v) is 12.8. The van der Waals surface area contributed by atoms with Crippen molar-refractivity contribution in [2.24, 2.45) is 0 Å². The van der Waals surface area contributed by atoms with Gasteiger partial charge >= 0.3 is 0 Å². The molecule has 2 saturated heterocycles. The standard InChI is InChI=1S/C28H39N3O4/c1-23-7-12-27(33-2)24(19-23)20-31-17-16-30(21-28(31)35-22-32)25-8-10-26(11-9-25)34-18-6-15-29-13-4-3-5-14-29/h7-12,19,22,28H,3-6,13-18,20-21H2,1-2H3. The number of hydrogen-bond donors (Lipinski definition) is 0. The molecule has 4 rings (SSSR count). The molecule has 0 N–H and O–H groups in total. The first-order chi connectivity index (χ1) is 17.2. The fourth-order valence-electron chi connectivity index (χ4n) is 5.06. The third kappa shape index (κ3) is 7.12. The maximum atomic E-state index is 11.3. The summed E-state index contributed by atoms with van der Waals surface area (Å²) >= 11 is 0. The average Bonchev–Trinajstić information content (AvgIpc) is 2.89. The van der Waals surface area contributed by atoms with Gasteiger partial charge in [-0.05, 0) is 69.6 Å². The number of likely N-dealkylation sites (tertiary alicyclic amines) is 1. The van der Waals surface area contributed by atoms with Gasteiger partial charge in [-0.1, -0.05) is 24.1 Å². The number of carbonyl (C=O) groups excluding carboxylic acids is 1. The van der Waals surface area contributed by atoms with Crippen LogP contribution in [0, 0.1) is 6.92 Å². The summed E-state index contributed by atoms with van der Waals surface area (Å²) in [4.78, 5) is 18.3. The van der Waals surface area contributed by atoms with Crippen LogP contribution in [0.25, 0.3) is 0 Å². The molecular weight excluding hydrogens is 442 g/mol. The molecule has 2 heterocycles. The molecule has 0 radical (unpaired) electrons. The predicted octanol–water partition coefficient (Wildman–Crippen LogP) is 4.08. The Bertz CT molecular complexity index is 930. The van der Waals surface area contributed by atoms with Crippen LogP contribution in [0.15, 0.2) is 42.5 Å². The summed E-state index contributed by atoms with van der Waals surface area (Å²) < 4.78 is 17.0. The van der Waals surface area contributed by atoms with Crippen molar-refractivity contribution < 1.29 is 19.0 Å². The summed E-state index contributed by atoms with van der Waals surface area (Å²) in [6.07, 6.45) is 4.76. The van der Waals surface area contributed by atoms with Crippen molar-refractivity contribution in [3.05, 3.63) is 53.6 Å². The predicted molar refractivity (Wildman–Crippen MR) is 138 cm³/mol. The summed E-state index contributed by atoms with van der Waals surface area (Å²) in [7, 11) is 1.69. The van der Waals surface area contributed by atoms with Crippen LogP contribution in [-0.2, 0) is 16.1 Å². The number of carbonyl (C=O) groups is 1. The number of piperazine rings is 1. The molecule has 7 heteroatoms. The van der Waals surface area contributed by atoms with Gasteiger partial charge in [-0.2, -0.15) is 0 Å². The molecule has 2 aromatic rings. The minimum atomic E-state index is -0.322. The third-order valence-corrected chi connectivity index (χ3v) is 7.00. The number of benzene rings is 2. The number of piperidine rings is 1. The van der Waals surface area contributed by atoms with Gasteiger partial charge in [0.2, 0.25) is 0 Å². The fourth-order valence-corrected chi connectivity index (χ4v) is 5.06. The average molecular weight is 482 g/mol. The fraction of sp³-hybridized carbons (Fsp3) is 0.536. The van der Waals surface area contributed by atoms with E-state index in [0.717, 1.165) is 55.4 Å². The molecule has 2 aliphatic rings. The van der Waals surface area contributed by atoms with Crippen LogP contribution in [-0.4, -0.2) is 75.5 Å². The van der Waals surface area contributed by atoms with Crippen LogP contribution in [0.2, 0.25) is 0 Å². The second kappa shape index (κ2) is 12.8. The maximum Gasteiger partial charge on any atom is 0.294 e. The first-order valence-electron chi connectivity index (χ1n) is 12.8. The van der Waals surface area contributed by atoms with Gasteiger partial charge in [-0.25, -0.2) is 0 Å². The molecule has 1 unspecified atom stereocenters. The van der Waals surface area contributed by atoms with E-state index in [4.69, 9.17) is 14.2 Å². The molecule has 35 heavy (non-hydrogen) atoms. The van der Waals surface area contributed by atoms with Gasteiger partial charge in [0.05, 0.1) is 20.3 Å². The molecule has 1 atom stereocenters. The third-order valence-electron chi connectivity index (χ3n) is 7.00.